The topological polar surface area (TPSA) is 27.7 Å². The molecule has 0 spiro atoms. The summed E-state index contributed by atoms with van der Waals surface area (Å²) in [6.07, 6.45) is 6.97. The standard InChI is InChI=1S/C15H31N3O/c1-16-14(13-19-2)12-17-10-6-15(7-11-17)18-8-4-3-5-9-18/h14-16H,3-13H2,1-2H3. The molecule has 1 atom stereocenters. The van der Waals surface area contributed by atoms with Gasteiger partial charge in [0.25, 0.3) is 0 Å². The Hall–Kier alpha value is -0.160. The highest BCUT2D eigenvalue weighted by Crippen LogP contribution is 2.20. The monoisotopic (exact) mass is 269 g/mol. The third-order valence-corrected chi connectivity index (χ3v) is 4.72. The normalized spacial score (nSPS) is 25.6. The van der Waals surface area contributed by atoms with Crippen molar-refractivity contribution in [1.29, 1.82) is 0 Å². The molecule has 112 valence electrons. The minimum atomic E-state index is 0.469. The molecule has 0 bridgehead atoms. The van der Waals surface area contributed by atoms with Gasteiger partial charge in [0.2, 0.25) is 0 Å². The van der Waals surface area contributed by atoms with Crippen LogP contribution in [-0.4, -0.2) is 75.4 Å². The van der Waals surface area contributed by atoms with Crippen molar-refractivity contribution >= 4 is 0 Å². The summed E-state index contributed by atoms with van der Waals surface area (Å²) in [6, 6.07) is 1.32. The number of likely N-dealkylation sites (N-methyl/N-ethyl adjacent to an activating group) is 1. The zero-order chi connectivity index (χ0) is 13.5. The summed E-state index contributed by atoms with van der Waals surface area (Å²) in [4.78, 5) is 5.34. The van der Waals surface area contributed by atoms with E-state index in [1.165, 1.54) is 58.3 Å². The van der Waals surface area contributed by atoms with Crippen molar-refractivity contribution in [3.63, 3.8) is 0 Å². The molecule has 19 heavy (non-hydrogen) atoms. The number of nitrogens with zero attached hydrogens (tertiary/aromatic N) is 2. The molecule has 2 fully saturated rings. The van der Waals surface area contributed by atoms with Crippen molar-refractivity contribution in [3.8, 4) is 0 Å². The Morgan fingerprint density at radius 1 is 1.11 bits per heavy atom. The first-order chi connectivity index (χ1) is 9.33. The van der Waals surface area contributed by atoms with E-state index in [9.17, 15) is 0 Å². The highest BCUT2D eigenvalue weighted by Gasteiger charge is 2.26. The van der Waals surface area contributed by atoms with Gasteiger partial charge in [-0.05, 0) is 58.9 Å². The van der Waals surface area contributed by atoms with Crippen molar-refractivity contribution in [2.45, 2.75) is 44.2 Å². The molecule has 0 amide bonds. The maximum atomic E-state index is 5.26. The highest BCUT2D eigenvalue weighted by atomic mass is 16.5. The Kier molecular flexibility index (Phi) is 6.57. The van der Waals surface area contributed by atoms with E-state index in [2.05, 4.69) is 15.1 Å². The number of hydrogen-bond acceptors (Lipinski definition) is 4. The zero-order valence-electron chi connectivity index (χ0n) is 12.7. The van der Waals surface area contributed by atoms with Crippen LogP contribution in [0.15, 0.2) is 0 Å². The molecule has 0 aliphatic carbocycles. The Morgan fingerprint density at radius 3 is 2.37 bits per heavy atom. The fourth-order valence-corrected chi connectivity index (χ4v) is 3.49. The minimum absolute atomic E-state index is 0.469. The molecule has 1 N–H and O–H groups in total. The van der Waals surface area contributed by atoms with Gasteiger partial charge in [-0.25, -0.2) is 0 Å². The van der Waals surface area contributed by atoms with E-state index in [4.69, 9.17) is 4.74 Å². The lowest BCUT2D eigenvalue weighted by Crippen LogP contribution is -2.50. The van der Waals surface area contributed by atoms with E-state index in [0.717, 1.165) is 19.2 Å². The summed E-state index contributed by atoms with van der Waals surface area (Å²) in [5.74, 6) is 0. The maximum Gasteiger partial charge on any atom is 0.0628 e. The predicted molar refractivity (Wildman–Crippen MR) is 79.6 cm³/mol. The Bertz CT molecular complexity index is 236. The van der Waals surface area contributed by atoms with Crippen LogP contribution in [0.1, 0.15) is 32.1 Å². The molecule has 0 saturated carbocycles. The van der Waals surface area contributed by atoms with Gasteiger partial charge < -0.3 is 19.9 Å². The molecule has 2 rings (SSSR count). The molecule has 1 unspecified atom stereocenters. The third kappa shape index (κ3) is 4.71. The zero-order valence-corrected chi connectivity index (χ0v) is 12.7. The van der Waals surface area contributed by atoms with Gasteiger partial charge in [0.1, 0.15) is 0 Å². The minimum Gasteiger partial charge on any atom is -0.383 e. The summed E-state index contributed by atoms with van der Waals surface area (Å²) >= 11 is 0. The highest BCUT2D eigenvalue weighted by molar-refractivity contribution is 4.83. The lowest BCUT2D eigenvalue weighted by atomic mass is 9.99. The van der Waals surface area contributed by atoms with E-state index in [-0.39, 0.29) is 0 Å². The van der Waals surface area contributed by atoms with E-state index < -0.39 is 0 Å². The van der Waals surface area contributed by atoms with Gasteiger partial charge in [-0.15, -0.1) is 0 Å². The van der Waals surface area contributed by atoms with Crippen LogP contribution in [-0.2, 0) is 4.74 Å². The van der Waals surface area contributed by atoms with Crippen LogP contribution in [0.3, 0.4) is 0 Å². The average Bonchev–Trinajstić information content (AvgIpc) is 2.48. The van der Waals surface area contributed by atoms with Crippen LogP contribution in [0.5, 0.6) is 0 Å². The quantitative estimate of drug-likeness (QED) is 0.783. The van der Waals surface area contributed by atoms with Crippen molar-refractivity contribution in [2.24, 2.45) is 0 Å². The molecule has 2 aliphatic rings. The van der Waals surface area contributed by atoms with Crippen molar-refractivity contribution in [2.75, 3.05) is 53.5 Å². The van der Waals surface area contributed by atoms with Gasteiger partial charge >= 0.3 is 0 Å². The fourth-order valence-electron chi connectivity index (χ4n) is 3.49. The molecule has 4 heteroatoms. The number of nitrogens with one attached hydrogen (secondary N) is 1. The Labute approximate surface area is 118 Å². The number of hydrogen-bond donors (Lipinski definition) is 1. The number of rotatable bonds is 6. The van der Waals surface area contributed by atoms with Gasteiger partial charge in [0.15, 0.2) is 0 Å². The number of methoxy groups -OCH3 is 1. The molecule has 2 saturated heterocycles. The first kappa shape index (κ1) is 15.2. The Balaban J connectivity index is 1.69. The smallest absolute Gasteiger partial charge is 0.0628 e. The summed E-state index contributed by atoms with van der Waals surface area (Å²) in [5, 5.41) is 3.35. The Morgan fingerprint density at radius 2 is 1.79 bits per heavy atom. The van der Waals surface area contributed by atoms with E-state index in [0.29, 0.717) is 6.04 Å². The van der Waals surface area contributed by atoms with Gasteiger partial charge in [0.05, 0.1) is 6.61 Å². The largest absolute Gasteiger partial charge is 0.383 e. The van der Waals surface area contributed by atoms with Gasteiger partial charge in [-0.3, -0.25) is 0 Å². The van der Waals surface area contributed by atoms with Crippen LogP contribution in [0, 0.1) is 0 Å². The molecular formula is C15H31N3O. The van der Waals surface area contributed by atoms with Crippen LogP contribution < -0.4 is 5.32 Å². The molecule has 0 radical (unpaired) electrons. The first-order valence-corrected chi connectivity index (χ1v) is 7.96. The second-order valence-electron chi connectivity index (χ2n) is 6.07. The van der Waals surface area contributed by atoms with Crippen LogP contribution in [0.2, 0.25) is 0 Å². The molecule has 0 aromatic rings. The molecule has 0 aromatic heterocycles. The number of ether oxygens (including phenoxy) is 1. The van der Waals surface area contributed by atoms with Crippen molar-refractivity contribution in [3.05, 3.63) is 0 Å². The second kappa shape index (κ2) is 8.20. The van der Waals surface area contributed by atoms with Crippen LogP contribution >= 0.6 is 0 Å². The maximum absolute atomic E-state index is 5.26. The summed E-state index contributed by atoms with van der Waals surface area (Å²) < 4.78 is 5.26. The number of piperidine rings is 2. The van der Waals surface area contributed by atoms with Crippen LogP contribution in [0.4, 0.5) is 0 Å². The molecule has 2 aliphatic heterocycles. The molecule has 2 heterocycles. The van der Waals surface area contributed by atoms with E-state index >= 15 is 0 Å². The number of likely N-dealkylation sites (tertiary alicyclic amines) is 2. The van der Waals surface area contributed by atoms with Crippen LogP contribution in [0.25, 0.3) is 0 Å². The lowest BCUT2D eigenvalue weighted by molar-refractivity contribution is 0.0788. The second-order valence-corrected chi connectivity index (χ2v) is 6.07. The van der Waals surface area contributed by atoms with Gasteiger partial charge in [-0.1, -0.05) is 6.42 Å². The first-order valence-electron chi connectivity index (χ1n) is 7.96. The predicted octanol–water partition coefficient (Wildman–Crippen LogP) is 1.17. The van der Waals surface area contributed by atoms with Crippen molar-refractivity contribution < 1.29 is 4.74 Å². The van der Waals surface area contributed by atoms with Gasteiger partial charge in [-0.2, -0.15) is 0 Å². The summed E-state index contributed by atoms with van der Waals surface area (Å²) in [5.41, 5.74) is 0. The summed E-state index contributed by atoms with van der Waals surface area (Å²) in [7, 11) is 3.82. The summed E-state index contributed by atoms with van der Waals surface area (Å²) in [6.45, 7) is 7.12. The van der Waals surface area contributed by atoms with E-state index in [1.807, 2.05) is 7.05 Å². The molecule has 0 aromatic carbocycles. The van der Waals surface area contributed by atoms with Crippen molar-refractivity contribution in [1.82, 2.24) is 15.1 Å². The molecular weight excluding hydrogens is 238 g/mol. The van der Waals surface area contributed by atoms with E-state index in [1.54, 1.807) is 7.11 Å². The third-order valence-electron chi connectivity index (χ3n) is 4.72. The fraction of sp³-hybridized carbons (Fsp3) is 1.00. The lowest BCUT2D eigenvalue weighted by Gasteiger charge is -2.41. The average molecular weight is 269 g/mol. The molecule has 4 nitrogen and oxygen atoms in total. The SMILES string of the molecule is CNC(COC)CN1CCC(N2CCCCC2)CC1. The van der Waals surface area contributed by atoms with Gasteiger partial charge in [0, 0.05) is 25.7 Å².